The average Bonchev–Trinajstić information content (AvgIpc) is 2.48. The predicted molar refractivity (Wildman–Crippen MR) is 84.7 cm³/mol. The number of nitrogens with two attached hydrogens (primary N) is 1. The molecule has 0 aliphatic carbocycles. The summed E-state index contributed by atoms with van der Waals surface area (Å²) in [5.41, 5.74) is 0. The molecule has 0 aromatic rings. The third-order valence-electron chi connectivity index (χ3n) is 3.82. The first-order valence-corrected chi connectivity index (χ1v) is 12.6. The van der Waals surface area contributed by atoms with Gasteiger partial charge in [0.15, 0.2) is 0 Å². The first-order valence-electron chi connectivity index (χ1n) is 7.66. The molecule has 0 amide bonds. The Bertz CT molecular complexity index is 883. The molecule has 0 saturated heterocycles. The smallest absolute Gasteiger partial charge is 0.216 e. The van der Waals surface area contributed by atoms with Crippen LogP contribution in [0.25, 0.3) is 0 Å². The Hall–Kier alpha value is -0.103. The van der Waals surface area contributed by atoms with E-state index < -0.39 is 70.2 Å². The topological polar surface area (TPSA) is 63.4 Å². The normalized spacial score (nSPS) is 16.4. The Balaban J connectivity index is 0. The molecule has 0 fully saturated rings. The van der Waals surface area contributed by atoms with Gasteiger partial charge in [-0.05, 0) is 0 Å². The standard InChI is InChI=1S/C11H11F17N2O2SSi.Na/c1-34(2,3)30(33(29,31)32)11(27,28)9(22,23)7(18,19)5(14,15)4(12,13)6(16,17)8(20,21)10(24,25)26;/h1-3H3,(H2,29,31,32);. The molecule has 0 unspecified atom stereocenters. The van der Waals surface area contributed by atoms with Crippen LogP contribution < -0.4 is 5.14 Å². The van der Waals surface area contributed by atoms with Gasteiger partial charge in [-0.3, -0.25) is 0 Å². The molecule has 0 atom stereocenters. The van der Waals surface area contributed by atoms with Gasteiger partial charge in [0.1, 0.15) is 8.24 Å². The minimum Gasteiger partial charge on any atom is -0.216 e. The Kier molecular flexibility index (Phi) is 9.82. The van der Waals surface area contributed by atoms with Gasteiger partial charge in [-0.2, -0.15) is 83.1 Å². The maximum absolute atomic E-state index is 14.2. The molecule has 0 bridgehead atoms. The minimum absolute atomic E-state index is 0. The van der Waals surface area contributed by atoms with Gasteiger partial charge in [-0.1, -0.05) is 19.6 Å². The van der Waals surface area contributed by atoms with Crippen molar-refractivity contribution in [3.05, 3.63) is 0 Å². The van der Waals surface area contributed by atoms with E-state index in [4.69, 9.17) is 0 Å². The summed E-state index contributed by atoms with van der Waals surface area (Å²) >= 11 is 0. The zero-order valence-corrected chi connectivity index (χ0v) is 21.0. The number of rotatable bonds is 9. The van der Waals surface area contributed by atoms with Crippen molar-refractivity contribution in [2.24, 2.45) is 5.14 Å². The first-order chi connectivity index (χ1) is 14.1. The summed E-state index contributed by atoms with van der Waals surface area (Å²) in [6.45, 7) is 0.971. The van der Waals surface area contributed by atoms with E-state index in [2.05, 4.69) is 5.14 Å². The van der Waals surface area contributed by atoms with E-state index in [0.29, 0.717) is 19.6 Å². The second kappa shape index (κ2) is 9.27. The van der Waals surface area contributed by atoms with Gasteiger partial charge in [-0.15, -0.1) is 3.97 Å². The molecule has 4 nitrogen and oxygen atoms in total. The molecule has 1 radical (unpaired) electrons. The molecule has 207 valence electrons. The van der Waals surface area contributed by atoms with E-state index in [1.807, 2.05) is 0 Å². The Morgan fingerprint density at radius 1 is 0.543 bits per heavy atom. The molecule has 35 heavy (non-hydrogen) atoms. The quantitative estimate of drug-likeness (QED) is 0.230. The number of hydrogen-bond acceptors (Lipinski definition) is 2. The van der Waals surface area contributed by atoms with E-state index in [1.165, 1.54) is 0 Å². The summed E-state index contributed by atoms with van der Waals surface area (Å²) in [7, 11) is -11.0. The van der Waals surface area contributed by atoms with Crippen molar-refractivity contribution in [1.82, 2.24) is 3.97 Å². The van der Waals surface area contributed by atoms with Crippen LogP contribution in [-0.4, -0.2) is 97.9 Å². The third-order valence-corrected chi connectivity index (χ3v) is 8.47. The minimum atomic E-state index is -8.80. The van der Waals surface area contributed by atoms with Crippen molar-refractivity contribution in [3.8, 4) is 0 Å². The van der Waals surface area contributed by atoms with Gasteiger partial charge in [0.05, 0.1) is 0 Å². The van der Waals surface area contributed by atoms with E-state index in [0.717, 1.165) is 0 Å². The van der Waals surface area contributed by atoms with Gasteiger partial charge < -0.3 is 0 Å². The summed E-state index contributed by atoms with van der Waals surface area (Å²) in [6, 6.07) is -7.24. The fourth-order valence-electron chi connectivity index (χ4n) is 2.25. The number of alkyl halides is 17. The number of nitrogens with zero attached hydrogens (tertiary/aromatic N) is 1. The fourth-order valence-corrected chi connectivity index (χ4v) is 6.72. The molecule has 2 N–H and O–H groups in total. The van der Waals surface area contributed by atoms with Crippen LogP contribution in [0.2, 0.25) is 19.6 Å². The zero-order chi connectivity index (χ0) is 28.6. The van der Waals surface area contributed by atoms with Gasteiger partial charge in [-0.25, -0.2) is 5.14 Å². The van der Waals surface area contributed by atoms with E-state index >= 15 is 0 Å². The van der Waals surface area contributed by atoms with Gasteiger partial charge >= 0.3 is 47.8 Å². The van der Waals surface area contributed by atoms with Gasteiger partial charge in [0, 0.05) is 29.6 Å². The summed E-state index contributed by atoms with van der Waals surface area (Å²) in [6.07, 6.45) is -7.86. The van der Waals surface area contributed by atoms with Crippen LogP contribution >= 0.6 is 0 Å². The third kappa shape index (κ3) is 5.27. The molecule has 0 aromatic heterocycles. The Morgan fingerprint density at radius 3 is 0.971 bits per heavy atom. The van der Waals surface area contributed by atoms with E-state index in [-0.39, 0.29) is 29.6 Å². The molecule has 0 rings (SSSR count). The van der Waals surface area contributed by atoms with Crippen LogP contribution in [0.4, 0.5) is 74.6 Å². The van der Waals surface area contributed by atoms with Crippen molar-refractivity contribution in [2.75, 3.05) is 0 Å². The molecule has 0 spiro atoms. The number of hydrogen-bond donors (Lipinski definition) is 1. The first kappa shape index (κ1) is 37.1. The van der Waals surface area contributed by atoms with Crippen molar-refractivity contribution < 1.29 is 83.1 Å². The molecule has 0 aliphatic rings. The summed E-state index contributed by atoms with van der Waals surface area (Å²) in [4.78, 5) is 0. The fraction of sp³-hybridized carbons (Fsp3) is 1.00. The van der Waals surface area contributed by atoms with Gasteiger partial charge in [0.25, 0.3) is 10.2 Å². The average molecular weight is 609 g/mol. The van der Waals surface area contributed by atoms with Crippen molar-refractivity contribution in [2.45, 2.75) is 67.4 Å². The van der Waals surface area contributed by atoms with Crippen LogP contribution in [0.5, 0.6) is 0 Å². The monoisotopic (exact) mass is 609 g/mol. The van der Waals surface area contributed by atoms with Crippen LogP contribution in [0, 0.1) is 0 Å². The SMILES string of the molecule is C[Si](C)(C)N(C(F)(F)C(F)(F)C(F)(F)C(F)(F)C(F)(F)C(F)(F)C(F)(F)C(F)(F)F)S(N)(=O)=O.[Na]. The molecule has 0 saturated carbocycles. The molecule has 0 aliphatic heterocycles. The Labute approximate surface area is 207 Å². The zero-order valence-electron chi connectivity index (χ0n) is 17.2. The second-order valence-corrected chi connectivity index (χ2v) is 14.0. The summed E-state index contributed by atoms with van der Waals surface area (Å²) < 4.78 is 246. The van der Waals surface area contributed by atoms with Crippen LogP contribution in [0.1, 0.15) is 0 Å². The largest absolute Gasteiger partial charge is 0.460 e. The molecular weight excluding hydrogens is 598 g/mol. The predicted octanol–water partition coefficient (Wildman–Crippen LogP) is 4.91. The summed E-state index contributed by atoms with van der Waals surface area (Å²) in [5.74, 6) is -51.3. The molecule has 0 aromatic carbocycles. The van der Waals surface area contributed by atoms with Crippen molar-refractivity contribution in [3.63, 3.8) is 0 Å². The van der Waals surface area contributed by atoms with Crippen molar-refractivity contribution >= 4 is 48.0 Å². The summed E-state index contributed by atoms with van der Waals surface area (Å²) in [5, 5.41) is 4.16. The van der Waals surface area contributed by atoms with Gasteiger partial charge in [0.2, 0.25) is 0 Å². The van der Waals surface area contributed by atoms with Crippen LogP contribution in [-0.2, 0) is 10.2 Å². The maximum Gasteiger partial charge on any atom is 0.460 e. The van der Waals surface area contributed by atoms with E-state index in [1.54, 1.807) is 0 Å². The molecule has 24 heteroatoms. The van der Waals surface area contributed by atoms with Crippen molar-refractivity contribution in [1.29, 1.82) is 0 Å². The van der Waals surface area contributed by atoms with Crippen LogP contribution in [0.3, 0.4) is 0 Å². The Morgan fingerprint density at radius 2 is 0.771 bits per heavy atom. The number of halogens is 17. The van der Waals surface area contributed by atoms with E-state index in [9.17, 15) is 83.1 Å². The van der Waals surface area contributed by atoms with Crippen LogP contribution in [0.15, 0.2) is 0 Å². The molecule has 0 heterocycles. The second-order valence-electron chi connectivity index (χ2n) is 7.47. The maximum atomic E-state index is 14.2. The molecular formula is C11H11F17N2NaO2SSi.